The summed E-state index contributed by atoms with van der Waals surface area (Å²) in [6.45, 7) is 5.07. The first-order valence-electron chi connectivity index (χ1n) is 7.52. The first-order chi connectivity index (χ1) is 10.3. The van der Waals surface area contributed by atoms with Crippen molar-refractivity contribution in [1.29, 1.82) is 0 Å². The van der Waals surface area contributed by atoms with E-state index in [-0.39, 0.29) is 12.6 Å². The Hall–Kier alpha value is -1.05. The van der Waals surface area contributed by atoms with E-state index in [4.69, 9.17) is 0 Å². The van der Waals surface area contributed by atoms with Gasteiger partial charge in [0.05, 0.1) is 0 Å². The number of likely N-dealkylation sites (tertiary alicyclic amines) is 1. The Bertz CT molecular complexity index is 602. The largest absolute Gasteiger partial charge is 0.297 e. The molecule has 1 N–H and O–H groups in total. The maximum atomic E-state index is 13.6. The minimum atomic E-state index is -4.20. The van der Waals surface area contributed by atoms with E-state index in [9.17, 15) is 17.2 Å². The van der Waals surface area contributed by atoms with Crippen molar-refractivity contribution in [1.82, 2.24) is 9.62 Å². The van der Waals surface area contributed by atoms with Crippen LogP contribution in [-0.2, 0) is 10.0 Å². The second-order valence-corrected chi connectivity index (χ2v) is 7.54. The molecular formula is C15H22F2N2O2S. The molecular weight excluding hydrogens is 310 g/mol. The normalized spacial score (nSPS) is 21.7. The Kier molecular flexibility index (Phi) is 5.52. The van der Waals surface area contributed by atoms with E-state index in [1.165, 1.54) is 6.42 Å². The highest BCUT2D eigenvalue weighted by atomic mass is 32.2. The number of hydrogen-bond donors (Lipinski definition) is 1. The Balaban J connectivity index is 2.06. The molecule has 1 aromatic carbocycles. The highest BCUT2D eigenvalue weighted by Gasteiger charge is 2.27. The van der Waals surface area contributed by atoms with Gasteiger partial charge in [0.2, 0.25) is 10.0 Å². The zero-order valence-corrected chi connectivity index (χ0v) is 13.7. The summed E-state index contributed by atoms with van der Waals surface area (Å²) < 4.78 is 53.8. The third-order valence-corrected chi connectivity index (χ3v) is 5.65. The Morgan fingerprint density at radius 3 is 2.55 bits per heavy atom. The molecule has 1 aliphatic heterocycles. The van der Waals surface area contributed by atoms with Crippen molar-refractivity contribution in [2.24, 2.45) is 0 Å². The fourth-order valence-corrected chi connectivity index (χ4v) is 4.19. The molecule has 2 atom stereocenters. The Morgan fingerprint density at radius 2 is 1.95 bits per heavy atom. The number of halogens is 2. The minimum Gasteiger partial charge on any atom is -0.297 e. The van der Waals surface area contributed by atoms with Gasteiger partial charge in [0, 0.05) is 18.6 Å². The topological polar surface area (TPSA) is 49.4 Å². The third-order valence-electron chi connectivity index (χ3n) is 4.18. The van der Waals surface area contributed by atoms with Gasteiger partial charge in [-0.2, -0.15) is 0 Å². The highest BCUT2D eigenvalue weighted by Crippen LogP contribution is 2.20. The zero-order chi connectivity index (χ0) is 16.3. The molecule has 0 unspecified atom stereocenters. The molecule has 1 heterocycles. The molecule has 0 amide bonds. The van der Waals surface area contributed by atoms with Crippen LogP contribution in [0.15, 0.2) is 23.1 Å². The predicted octanol–water partition coefficient (Wildman–Crippen LogP) is 2.51. The summed E-state index contributed by atoms with van der Waals surface area (Å²) in [7, 11) is -4.20. The summed E-state index contributed by atoms with van der Waals surface area (Å²) in [5.74, 6) is -2.15. The number of nitrogens with zero attached hydrogens (tertiary/aromatic N) is 1. The van der Waals surface area contributed by atoms with Gasteiger partial charge < -0.3 is 0 Å². The van der Waals surface area contributed by atoms with Gasteiger partial charge in [-0.25, -0.2) is 21.9 Å². The summed E-state index contributed by atoms with van der Waals surface area (Å²) in [6, 6.07) is 3.38. The monoisotopic (exact) mass is 332 g/mol. The van der Waals surface area contributed by atoms with Crippen molar-refractivity contribution in [2.75, 3.05) is 13.1 Å². The molecule has 1 aromatic rings. The summed E-state index contributed by atoms with van der Waals surface area (Å²) in [5, 5.41) is 0. The Morgan fingerprint density at radius 1 is 1.32 bits per heavy atom. The molecule has 0 saturated carbocycles. The first kappa shape index (κ1) is 17.3. The molecule has 22 heavy (non-hydrogen) atoms. The molecule has 0 spiro atoms. The fourth-order valence-electron chi connectivity index (χ4n) is 2.93. The van der Waals surface area contributed by atoms with Crippen molar-refractivity contribution in [3.05, 3.63) is 29.8 Å². The second kappa shape index (κ2) is 7.02. The van der Waals surface area contributed by atoms with Crippen LogP contribution in [0.25, 0.3) is 0 Å². The average Bonchev–Trinajstić information content (AvgIpc) is 2.45. The number of nitrogens with one attached hydrogen (secondary N) is 1. The van der Waals surface area contributed by atoms with E-state index < -0.39 is 26.6 Å². The van der Waals surface area contributed by atoms with Crippen molar-refractivity contribution in [2.45, 2.75) is 50.1 Å². The van der Waals surface area contributed by atoms with Crippen LogP contribution in [0, 0.1) is 11.6 Å². The molecule has 1 fully saturated rings. The van der Waals surface area contributed by atoms with E-state index in [1.807, 2.05) is 6.92 Å². The van der Waals surface area contributed by atoms with E-state index in [2.05, 4.69) is 16.5 Å². The lowest BCUT2D eigenvalue weighted by atomic mass is 10.0. The van der Waals surface area contributed by atoms with Gasteiger partial charge in [0.1, 0.15) is 11.6 Å². The van der Waals surface area contributed by atoms with Gasteiger partial charge in [-0.3, -0.25) is 4.90 Å². The number of sulfonamides is 1. The molecule has 0 aromatic heterocycles. The van der Waals surface area contributed by atoms with Crippen molar-refractivity contribution in [3.63, 3.8) is 0 Å². The number of piperidine rings is 1. The van der Waals surface area contributed by atoms with Crippen LogP contribution in [0.1, 0.15) is 33.1 Å². The molecule has 0 aliphatic carbocycles. The van der Waals surface area contributed by atoms with Crippen LogP contribution in [0.5, 0.6) is 0 Å². The number of hydrogen-bond acceptors (Lipinski definition) is 3. The molecule has 1 saturated heterocycles. The molecule has 4 nitrogen and oxygen atoms in total. The molecule has 0 radical (unpaired) electrons. The van der Waals surface area contributed by atoms with Crippen molar-refractivity contribution < 1.29 is 17.2 Å². The number of rotatable bonds is 5. The minimum absolute atomic E-state index is 0.0279. The van der Waals surface area contributed by atoms with Gasteiger partial charge in [-0.15, -0.1) is 0 Å². The quantitative estimate of drug-likeness (QED) is 0.901. The fraction of sp³-hybridized carbons (Fsp3) is 0.600. The van der Waals surface area contributed by atoms with E-state index in [1.54, 1.807) is 0 Å². The lowest BCUT2D eigenvalue weighted by Crippen LogP contribution is -2.48. The summed E-state index contributed by atoms with van der Waals surface area (Å²) in [5.41, 5.74) is 0. The van der Waals surface area contributed by atoms with Crippen LogP contribution in [0.4, 0.5) is 8.78 Å². The van der Waals surface area contributed by atoms with Gasteiger partial charge in [-0.05, 0) is 45.4 Å². The molecule has 2 rings (SSSR count). The highest BCUT2D eigenvalue weighted by molar-refractivity contribution is 7.89. The predicted molar refractivity (Wildman–Crippen MR) is 81.0 cm³/mol. The summed E-state index contributed by atoms with van der Waals surface area (Å²) >= 11 is 0. The van der Waals surface area contributed by atoms with Gasteiger partial charge in [-0.1, -0.05) is 12.5 Å². The van der Waals surface area contributed by atoms with Crippen molar-refractivity contribution >= 4 is 10.0 Å². The van der Waals surface area contributed by atoms with E-state index >= 15 is 0 Å². The molecule has 0 bridgehead atoms. The standard InChI is InChI=1S/C15H22F2N2O2S/c1-11-6-3-4-9-19(11)12(2)10-18-22(20,21)15-13(16)7-5-8-14(15)17/h5,7-8,11-12,18H,3-4,6,9-10H2,1-2H3/t11-,12+/m0/s1. The third kappa shape index (κ3) is 3.83. The lowest BCUT2D eigenvalue weighted by Gasteiger charge is -2.38. The molecule has 124 valence electrons. The van der Waals surface area contributed by atoms with E-state index in [0.29, 0.717) is 6.04 Å². The van der Waals surface area contributed by atoms with Gasteiger partial charge in [0.15, 0.2) is 4.90 Å². The maximum absolute atomic E-state index is 13.6. The maximum Gasteiger partial charge on any atom is 0.246 e. The molecule has 1 aliphatic rings. The van der Waals surface area contributed by atoms with Crippen LogP contribution in [0.3, 0.4) is 0 Å². The van der Waals surface area contributed by atoms with Gasteiger partial charge in [0.25, 0.3) is 0 Å². The Labute approximate surface area is 130 Å². The zero-order valence-electron chi connectivity index (χ0n) is 12.9. The van der Waals surface area contributed by atoms with Crippen molar-refractivity contribution in [3.8, 4) is 0 Å². The molecule has 7 heteroatoms. The first-order valence-corrected chi connectivity index (χ1v) is 9.00. The average molecular weight is 332 g/mol. The van der Waals surface area contributed by atoms with Crippen LogP contribution in [0.2, 0.25) is 0 Å². The summed E-state index contributed by atoms with van der Waals surface area (Å²) in [6.07, 6.45) is 3.35. The lowest BCUT2D eigenvalue weighted by molar-refractivity contribution is 0.116. The van der Waals surface area contributed by atoms with Crippen LogP contribution in [-0.4, -0.2) is 38.5 Å². The van der Waals surface area contributed by atoms with Crippen LogP contribution >= 0.6 is 0 Å². The SMILES string of the molecule is C[C@H](CNS(=O)(=O)c1c(F)cccc1F)N1CCCC[C@@H]1C. The second-order valence-electron chi connectivity index (χ2n) is 5.83. The number of benzene rings is 1. The smallest absolute Gasteiger partial charge is 0.246 e. The summed E-state index contributed by atoms with van der Waals surface area (Å²) in [4.78, 5) is 1.32. The van der Waals surface area contributed by atoms with E-state index in [0.717, 1.165) is 37.6 Å². The van der Waals surface area contributed by atoms with Crippen LogP contribution < -0.4 is 4.72 Å². The van der Waals surface area contributed by atoms with Gasteiger partial charge >= 0.3 is 0 Å².